The van der Waals surface area contributed by atoms with E-state index >= 15 is 0 Å². The summed E-state index contributed by atoms with van der Waals surface area (Å²) in [5.41, 5.74) is 0.139. The number of amides is 1. The van der Waals surface area contributed by atoms with Gasteiger partial charge in [0.05, 0.1) is 21.3 Å². The number of benzene rings is 1. The maximum Gasteiger partial charge on any atom is 0.264 e. The second-order valence-electron chi connectivity index (χ2n) is 6.21. The molecule has 142 valence electrons. The van der Waals surface area contributed by atoms with Crippen molar-refractivity contribution < 1.29 is 23.5 Å². The fraction of sp³-hybridized carbons (Fsp3) is 0.474. The number of rotatable bonds is 8. The van der Waals surface area contributed by atoms with Crippen LogP contribution in [0.3, 0.4) is 0 Å². The van der Waals surface area contributed by atoms with E-state index in [-0.39, 0.29) is 11.0 Å². The van der Waals surface area contributed by atoms with E-state index in [0.29, 0.717) is 23.1 Å². The van der Waals surface area contributed by atoms with Crippen LogP contribution in [0.5, 0.6) is 17.2 Å². The van der Waals surface area contributed by atoms with Crippen LogP contribution in [-0.2, 0) is 5.41 Å². The number of anilines is 1. The van der Waals surface area contributed by atoms with Crippen LogP contribution in [0.2, 0.25) is 0 Å². The van der Waals surface area contributed by atoms with Gasteiger partial charge >= 0.3 is 0 Å². The predicted molar refractivity (Wildman–Crippen MR) is 98.5 cm³/mol. The molecule has 0 saturated carbocycles. The quantitative estimate of drug-likeness (QED) is 0.763. The second kappa shape index (κ2) is 8.12. The lowest BCUT2D eigenvalue weighted by atomic mass is 9.82. The minimum absolute atomic E-state index is 0.120. The molecule has 0 spiro atoms. The average Bonchev–Trinajstić information content (AvgIpc) is 3.14. The molecule has 0 bridgehead atoms. The Morgan fingerprint density at radius 2 is 1.65 bits per heavy atom. The number of hydrogen-bond acceptors (Lipinski definition) is 6. The van der Waals surface area contributed by atoms with Gasteiger partial charge in [0.25, 0.3) is 5.91 Å². The first-order valence-electron chi connectivity index (χ1n) is 8.50. The molecule has 7 heteroatoms. The van der Waals surface area contributed by atoms with Crippen molar-refractivity contribution in [3.8, 4) is 17.2 Å². The lowest BCUT2D eigenvalue weighted by molar-refractivity contribution is 0.102. The highest BCUT2D eigenvalue weighted by atomic mass is 16.5. The normalized spacial score (nSPS) is 11.2. The standard InChI is InChI=1S/C19H26N2O5/c1-7-19(3,8-2)15-11-16(21-26-15)20-18(22)17-13(24-5)9-12(23-4)10-14(17)25-6/h9-11H,7-8H2,1-6H3,(H,20,21,22). The third kappa shape index (κ3) is 3.76. The zero-order chi connectivity index (χ0) is 19.3. The molecule has 7 nitrogen and oxygen atoms in total. The Hall–Kier alpha value is -2.70. The molecule has 0 aliphatic heterocycles. The number of ether oxygens (including phenoxy) is 3. The topological polar surface area (TPSA) is 82.8 Å². The van der Waals surface area contributed by atoms with E-state index in [2.05, 4.69) is 31.2 Å². The van der Waals surface area contributed by atoms with Crippen molar-refractivity contribution in [3.05, 3.63) is 29.5 Å². The highest BCUT2D eigenvalue weighted by Crippen LogP contribution is 2.35. The van der Waals surface area contributed by atoms with Gasteiger partial charge in [-0.15, -0.1) is 0 Å². The molecule has 26 heavy (non-hydrogen) atoms. The van der Waals surface area contributed by atoms with Gasteiger partial charge in [0, 0.05) is 23.6 Å². The Morgan fingerprint density at radius 1 is 1.08 bits per heavy atom. The largest absolute Gasteiger partial charge is 0.496 e. The van der Waals surface area contributed by atoms with E-state index in [0.717, 1.165) is 18.6 Å². The molecule has 0 aliphatic carbocycles. The van der Waals surface area contributed by atoms with Crippen molar-refractivity contribution in [2.45, 2.75) is 39.0 Å². The molecule has 1 heterocycles. The number of carbonyl (C=O) groups excluding carboxylic acids is 1. The maximum absolute atomic E-state index is 12.8. The molecule has 0 saturated heterocycles. The molecule has 2 rings (SSSR count). The first-order chi connectivity index (χ1) is 12.4. The van der Waals surface area contributed by atoms with Gasteiger partial charge in [0.15, 0.2) is 5.82 Å². The van der Waals surface area contributed by atoms with Gasteiger partial charge in [0.2, 0.25) is 0 Å². The predicted octanol–water partition coefficient (Wildman–Crippen LogP) is 4.03. The molecule has 1 aromatic carbocycles. The van der Waals surface area contributed by atoms with Crippen LogP contribution in [0.25, 0.3) is 0 Å². The molecule has 0 aliphatic rings. The second-order valence-corrected chi connectivity index (χ2v) is 6.21. The summed E-state index contributed by atoms with van der Waals surface area (Å²) in [6.45, 7) is 6.30. The Bertz CT molecular complexity index is 740. The maximum atomic E-state index is 12.8. The van der Waals surface area contributed by atoms with Crippen molar-refractivity contribution in [2.75, 3.05) is 26.6 Å². The minimum atomic E-state index is -0.407. The summed E-state index contributed by atoms with van der Waals surface area (Å²) < 4.78 is 21.3. The molecule has 1 aromatic heterocycles. The Labute approximate surface area is 153 Å². The number of nitrogens with zero attached hydrogens (tertiary/aromatic N) is 1. The number of carbonyl (C=O) groups is 1. The molecule has 1 N–H and O–H groups in total. The van der Waals surface area contributed by atoms with Crippen molar-refractivity contribution >= 4 is 11.7 Å². The summed E-state index contributed by atoms with van der Waals surface area (Å²) in [5.74, 6) is 1.89. The van der Waals surface area contributed by atoms with Gasteiger partial charge in [0.1, 0.15) is 28.6 Å². The third-order valence-corrected chi connectivity index (χ3v) is 4.85. The van der Waals surface area contributed by atoms with Crippen LogP contribution in [0.1, 0.15) is 49.7 Å². The number of nitrogens with one attached hydrogen (secondary N) is 1. The molecule has 0 fully saturated rings. The minimum Gasteiger partial charge on any atom is -0.496 e. The Balaban J connectivity index is 2.32. The summed E-state index contributed by atoms with van der Waals surface area (Å²) in [6.07, 6.45) is 1.82. The van der Waals surface area contributed by atoms with Crippen LogP contribution >= 0.6 is 0 Å². The zero-order valence-electron chi connectivity index (χ0n) is 16.1. The summed E-state index contributed by atoms with van der Waals surface area (Å²) in [4.78, 5) is 12.8. The molecule has 0 radical (unpaired) electrons. The SMILES string of the molecule is CCC(C)(CC)c1cc(NC(=O)c2c(OC)cc(OC)cc2OC)no1. The first kappa shape index (κ1) is 19.6. The summed E-state index contributed by atoms with van der Waals surface area (Å²) in [5, 5.41) is 6.72. The average molecular weight is 362 g/mol. The van der Waals surface area contributed by atoms with Crippen LogP contribution in [0.15, 0.2) is 22.7 Å². The van der Waals surface area contributed by atoms with E-state index < -0.39 is 5.91 Å². The summed E-state index contributed by atoms with van der Waals surface area (Å²) >= 11 is 0. The van der Waals surface area contributed by atoms with Crippen LogP contribution in [0.4, 0.5) is 5.82 Å². The van der Waals surface area contributed by atoms with Gasteiger partial charge in [-0.3, -0.25) is 4.79 Å². The third-order valence-electron chi connectivity index (χ3n) is 4.85. The molecular weight excluding hydrogens is 336 g/mol. The van der Waals surface area contributed by atoms with E-state index in [4.69, 9.17) is 18.7 Å². The van der Waals surface area contributed by atoms with E-state index in [9.17, 15) is 4.79 Å². The summed E-state index contributed by atoms with van der Waals surface area (Å²) in [7, 11) is 4.49. The van der Waals surface area contributed by atoms with Gasteiger partial charge < -0.3 is 24.1 Å². The highest BCUT2D eigenvalue weighted by Gasteiger charge is 2.28. The van der Waals surface area contributed by atoms with Crippen molar-refractivity contribution in [1.82, 2.24) is 5.16 Å². The molecular formula is C19H26N2O5. The lowest BCUT2D eigenvalue weighted by Crippen LogP contribution is -2.18. The fourth-order valence-corrected chi connectivity index (χ4v) is 2.63. The number of methoxy groups -OCH3 is 3. The van der Waals surface area contributed by atoms with Gasteiger partial charge in [-0.1, -0.05) is 25.9 Å². The first-order valence-corrected chi connectivity index (χ1v) is 8.50. The molecule has 0 unspecified atom stereocenters. The van der Waals surface area contributed by atoms with E-state index in [1.54, 1.807) is 18.2 Å². The van der Waals surface area contributed by atoms with E-state index in [1.807, 2.05) is 0 Å². The summed E-state index contributed by atoms with van der Waals surface area (Å²) in [6, 6.07) is 5.00. The smallest absolute Gasteiger partial charge is 0.264 e. The highest BCUT2D eigenvalue weighted by molar-refractivity contribution is 6.08. The van der Waals surface area contributed by atoms with E-state index in [1.165, 1.54) is 21.3 Å². The monoisotopic (exact) mass is 362 g/mol. The van der Waals surface area contributed by atoms with Crippen molar-refractivity contribution in [3.63, 3.8) is 0 Å². The lowest BCUT2D eigenvalue weighted by Gasteiger charge is -2.22. The van der Waals surface area contributed by atoms with Crippen LogP contribution in [0, 0.1) is 0 Å². The molecule has 1 amide bonds. The zero-order valence-corrected chi connectivity index (χ0v) is 16.1. The Morgan fingerprint density at radius 3 is 2.12 bits per heavy atom. The van der Waals surface area contributed by atoms with Gasteiger partial charge in [-0.05, 0) is 12.8 Å². The van der Waals surface area contributed by atoms with Crippen LogP contribution in [-0.4, -0.2) is 32.4 Å². The van der Waals surface area contributed by atoms with Crippen molar-refractivity contribution in [1.29, 1.82) is 0 Å². The number of aromatic nitrogens is 1. The van der Waals surface area contributed by atoms with Gasteiger partial charge in [-0.2, -0.15) is 0 Å². The van der Waals surface area contributed by atoms with Gasteiger partial charge in [-0.25, -0.2) is 0 Å². The Kier molecular flexibility index (Phi) is 6.13. The van der Waals surface area contributed by atoms with Crippen molar-refractivity contribution in [2.24, 2.45) is 0 Å². The fourth-order valence-electron chi connectivity index (χ4n) is 2.63. The molecule has 0 atom stereocenters. The number of hydrogen-bond donors (Lipinski definition) is 1. The molecule has 2 aromatic rings. The van der Waals surface area contributed by atoms with Crippen LogP contribution < -0.4 is 19.5 Å².